The Morgan fingerprint density at radius 1 is 0.935 bits per heavy atom. The lowest BCUT2D eigenvalue weighted by atomic mass is 10.0. The molecule has 1 fully saturated rings. The second kappa shape index (κ2) is 7.96. The SMILES string of the molecule is Cc1cccc(N2C(=S)N[C@H](c3ccccn3)[C@H]2c2cccn2-c2cccc(F)c2)c1. The molecule has 31 heavy (non-hydrogen) atoms. The third-order valence-corrected chi connectivity index (χ3v) is 5.86. The van der Waals surface area contributed by atoms with Crippen molar-refractivity contribution in [2.75, 3.05) is 4.90 Å². The fraction of sp³-hybridized carbons (Fsp3) is 0.120. The first-order valence-corrected chi connectivity index (χ1v) is 10.5. The zero-order chi connectivity index (χ0) is 21.4. The van der Waals surface area contributed by atoms with Crippen LogP contribution in [0.1, 0.15) is 29.0 Å². The summed E-state index contributed by atoms with van der Waals surface area (Å²) in [4.78, 5) is 6.73. The highest BCUT2D eigenvalue weighted by Crippen LogP contribution is 2.42. The normalized spacial score (nSPS) is 18.3. The number of rotatable bonds is 4. The molecule has 0 unspecified atom stereocenters. The van der Waals surface area contributed by atoms with Crippen LogP contribution in [0.4, 0.5) is 10.1 Å². The monoisotopic (exact) mass is 428 g/mol. The number of aryl methyl sites for hydroxylation is 1. The van der Waals surface area contributed by atoms with Crippen LogP contribution in [-0.4, -0.2) is 14.7 Å². The van der Waals surface area contributed by atoms with Crippen LogP contribution in [0.5, 0.6) is 0 Å². The lowest BCUT2D eigenvalue weighted by Gasteiger charge is -2.29. The molecule has 2 aromatic carbocycles. The van der Waals surface area contributed by atoms with Gasteiger partial charge in [0.05, 0.1) is 11.7 Å². The van der Waals surface area contributed by atoms with Gasteiger partial charge in [0, 0.05) is 29.5 Å². The zero-order valence-electron chi connectivity index (χ0n) is 16.9. The molecule has 0 aliphatic carbocycles. The summed E-state index contributed by atoms with van der Waals surface area (Å²) >= 11 is 5.79. The van der Waals surface area contributed by atoms with Crippen LogP contribution in [0.2, 0.25) is 0 Å². The van der Waals surface area contributed by atoms with Crippen molar-refractivity contribution in [2.24, 2.45) is 0 Å². The van der Waals surface area contributed by atoms with Crippen molar-refractivity contribution in [3.05, 3.63) is 114 Å². The number of nitrogens with zero attached hydrogens (tertiary/aromatic N) is 3. The van der Waals surface area contributed by atoms with E-state index in [2.05, 4.69) is 46.4 Å². The van der Waals surface area contributed by atoms with Crippen LogP contribution < -0.4 is 10.2 Å². The standard InChI is InChI=1S/C25H21FN4S/c1-17-7-4-10-20(15-17)30-24(23(28-25(30)31)21-11-2-3-13-27-21)22-12-6-14-29(22)19-9-5-8-18(26)16-19/h2-16,23-24H,1H3,(H,28,31)/t23-,24-/m1/s1. The zero-order valence-corrected chi connectivity index (χ0v) is 17.8. The molecule has 1 aliphatic rings. The minimum absolute atomic E-state index is 0.156. The minimum atomic E-state index is -0.269. The molecule has 0 spiro atoms. The van der Waals surface area contributed by atoms with Gasteiger partial charge in [0.15, 0.2) is 5.11 Å². The Balaban J connectivity index is 1.68. The van der Waals surface area contributed by atoms with E-state index in [9.17, 15) is 4.39 Å². The number of benzene rings is 2. The number of hydrogen-bond acceptors (Lipinski definition) is 2. The van der Waals surface area contributed by atoms with E-state index >= 15 is 0 Å². The summed E-state index contributed by atoms with van der Waals surface area (Å²) in [6.07, 6.45) is 3.74. The summed E-state index contributed by atoms with van der Waals surface area (Å²) in [5, 5.41) is 4.11. The molecule has 4 nitrogen and oxygen atoms in total. The number of thiocarbonyl (C=S) groups is 1. The Hall–Kier alpha value is -3.51. The molecule has 154 valence electrons. The number of anilines is 1. The fourth-order valence-electron chi connectivity index (χ4n) is 4.21. The van der Waals surface area contributed by atoms with Gasteiger partial charge >= 0.3 is 0 Å². The highest BCUT2D eigenvalue weighted by Gasteiger charge is 2.42. The molecule has 1 N–H and O–H groups in total. The number of halogens is 1. The topological polar surface area (TPSA) is 33.1 Å². The van der Waals surface area contributed by atoms with Crippen LogP contribution >= 0.6 is 12.2 Å². The van der Waals surface area contributed by atoms with E-state index in [1.165, 1.54) is 12.1 Å². The predicted octanol–water partition coefficient (Wildman–Crippen LogP) is 5.50. The Labute approximate surface area is 186 Å². The van der Waals surface area contributed by atoms with E-state index in [-0.39, 0.29) is 17.9 Å². The van der Waals surface area contributed by atoms with E-state index in [0.717, 1.165) is 28.3 Å². The Kier molecular flexibility index (Phi) is 5.00. The summed E-state index contributed by atoms with van der Waals surface area (Å²) in [7, 11) is 0. The van der Waals surface area contributed by atoms with Gasteiger partial charge in [0.25, 0.3) is 0 Å². The number of aromatic nitrogens is 2. The summed E-state index contributed by atoms with van der Waals surface area (Å²) in [6, 6.07) is 24.5. The van der Waals surface area contributed by atoms with Gasteiger partial charge in [-0.05, 0) is 79.3 Å². The molecule has 6 heteroatoms. The van der Waals surface area contributed by atoms with Crippen LogP contribution in [0.15, 0.2) is 91.3 Å². The molecule has 1 saturated heterocycles. The van der Waals surface area contributed by atoms with E-state index in [1.807, 2.05) is 47.2 Å². The van der Waals surface area contributed by atoms with Crippen LogP contribution in [0, 0.1) is 12.7 Å². The first-order valence-electron chi connectivity index (χ1n) is 10.1. The summed E-state index contributed by atoms with van der Waals surface area (Å²) in [6.45, 7) is 2.07. The van der Waals surface area contributed by atoms with E-state index in [1.54, 1.807) is 12.3 Å². The quantitative estimate of drug-likeness (QED) is 0.435. The largest absolute Gasteiger partial charge is 0.351 e. The lowest BCUT2D eigenvalue weighted by molar-refractivity contribution is 0.549. The maximum atomic E-state index is 14.0. The van der Waals surface area contributed by atoms with E-state index in [4.69, 9.17) is 12.2 Å². The van der Waals surface area contributed by atoms with Crippen molar-refractivity contribution in [1.29, 1.82) is 0 Å². The number of hydrogen-bond donors (Lipinski definition) is 1. The van der Waals surface area contributed by atoms with E-state index < -0.39 is 0 Å². The van der Waals surface area contributed by atoms with Gasteiger partial charge in [-0.25, -0.2) is 4.39 Å². The van der Waals surface area contributed by atoms with Gasteiger partial charge in [-0.1, -0.05) is 24.3 Å². The smallest absolute Gasteiger partial charge is 0.174 e. The molecule has 2 aromatic heterocycles. The Bertz CT molecular complexity index is 1240. The third kappa shape index (κ3) is 3.59. The number of pyridine rings is 1. The summed E-state index contributed by atoms with van der Waals surface area (Å²) < 4.78 is 16.0. The van der Waals surface area contributed by atoms with Gasteiger partial charge in [0.1, 0.15) is 11.9 Å². The molecule has 5 rings (SSSR count). The van der Waals surface area contributed by atoms with Crippen molar-refractivity contribution >= 4 is 23.0 Å². The maximum absolute atomic E-state index is 14.0. The van der Waals surface area contributed by atoms with Gasteiger partial charge in [-0.15, -0.1) is 0 Å². The van der Waals surface area contributed by atoms with Gasteiger partial charge < -0.3 is 14.8 Å². The van der Waals surface area contributed by atoms with Gasteiger partial charge in [-0.3, -0.25) is 4.98 Å². The molecule has 0 amide bonds. The van der Waals surface area contributed by atoms with Crippen molar-refractivity contribution in [3.8, 4) is 5.69 Å². The average molecular weight is 429 g/mol. The first-order chi connectivity index (χ1) is 15.1. The van der Waals surface area contributed by atoms with Crippen molar-refractivity contribution in [3.63, 3.8) is 0 Å². The van der Waals surface area contributed by atoms with Crippen LogP contribution in [0.3, 0.4) is 0 Å². The predicted molar refractivity (Wildman–Crippen MR) is 125 cm³/mol. The van der Waals surface area contributed by atoms with Crippen molar-refractivity contribution in [2.45, 2.75) is 19.0 Å². The van der Waals surface area contributed by atoms with Gasteiger partial charge in [0.2, 0.25) is 0 Å². The maximum Gasteiger partial charge on any atom is 0.174 e. The summed E-state index contributed by atoms with van der Waals surface area (Å²) in [5.41, 5.74) is 4.82. The lowest BCUT2D eigenvalue weighted by Crippen LogP contribution is -2.30. The first kappa shape index (κ1) is 19.5. The molecule has 4 aromatic rings. The molecule has 2 atom stereocenters. The minimum Gasteiger partial charge on any atom is -0.351 e. The molecular weight excluding hydrogens is 407 g/mol. The molecule has 1 aliphatic heterocycles. The van der Waals surface area contributed by atoms with E-state index in [0.29, 0.717) is 5.11 Å². The molecular formula is C25H21FN4S. The van der Waals surface area contributed by atoms with Gasteiger partial charge in [-0.2, -0.15) is 0 Å². The van der Waals surface area contributed by atoms with Crippen molar-refractivity contribution < 1.29 is 4.39 Å². The Morgan fingerprint density at radius 3 is 2.55 bits per heavy atom. The molecule has 0 saturated carbocycles. The highest BCUT2D eigenvalue weighted by molar-refractivity contribution is 7.80. The fourth-order valence-corrected chi connectivity index (χ4v) is 4.55. The number of nitrogens with one attached hydrogen (secondary N) is 1. The molecule has 3 heterocycles. The molecule has 0 radical (unpaired) electrons. The van der Waals surface area contributed by atoms with Crippen molar-refractivity contribution in [1.82, 2.24) is 14.9 Å². The second-order valence-electron chi connectivity index (χ2n) is 7.62. The average Bonchev–Trinajstić information content (AvgIpc) is 3.38. The van der Waals surface area contributed by atoms with Crippen LogP contribution in [-0.2, 0) is 0 Å². The molecule has 0 bridgehead atoms. The third-order valence-electron chi connectivity index (χ3n) is 5.55. The highest BCUT2D eigenvalue weighted by atomic mass is 32.1. The second-order valence-corrected chi connectivity index (χ2v) is 8.01. The van der Waals surface area contributed by atoms with Crippen LogP contribution in [0.25, 0.3) is 5.69 Å². The Morgan fingerprint density at radius 2 is 1.77 bits per heavy atom. The summed E-state index contributed by atoms with van der Waals surface area (Å²) in [5.74, 6) is -0.269.